The monoisotopic (exact) mass is 401 g/mol. The van der Waals surface area contributed by atoms with Crippen molar-refractivity contribution in [1.29, 1.82) is 0 Å². The summed E-state index contributed by atoms with van der Waals surface area (Å²) in [7, 11) is -3.61. The molecule has 2 aromatic rings. The predicted molar refractivity (Wildman–Crippen MR) is 87.4 cm³/mol. The Balaban J connectivity index is 1.64. The van der Waals surface area contributed by atoms with E-state index in [1.165, 1.54) is 4.31 Å². The van der Waals surface area contributed by atoms with Gasteiger partial charge in [0.05, 0.1) is 12.1 Å². The fraction of sp³-hybridized carbons (Fsp3) is 0.385. The molecule has 10 heteroatoms. The van der Waals surface area contributed by atoms with Crippen LogP contribution in [0.15, 0.2) is 33.2 Å². The molecule has 0 unspecified atom stereocenters. The van der Waals surface area contributed by atoms with E-state index in [1.54, 1.807) is 0 Å². The Hall–Kier alpha value is -1.33. The third kappa shape index (κ3) is 3.96. The molecule has 0 saturated carbocycles. The molecular weight excluding hydrogens is 386 g/mol. The predicted octanol–water partition coefficient (Wildman–Crippen LogP) is 0.820. The van der Waals surface area contributed by atoms with E-state index in [2.05, 4.69) is 31.0 Å². The first-order valence-corrected chi connectivity index (χ1v) is 9.30. The van der Waals surface area contributed by atoms with E-state index in [-0.39, 0.29) is 0 Å². The second-order valence-corrected chi connectivity index (χ2v) is 7.60. The van der Waals surface area contributed by atoms with Crippen LogP contribution in [0.25, 0.3) is 11.5 Å². The second kappa shape index (κ2) is 6.65. The van der Waals surface area contributed by atoms with E-state index in [1.807, 2.05) is 24.3 Å². The lowest BCUT2D eigenvalue weighted by molar-refractivity contribution is 0.168. The Morgan fingerprint density at radius 1 is 1.17 bits per heavy atom. The van der Waals surface area contributed by atoms with Crippen molar-refractivity contribution in [3.05, 3.63) is 34.6 Å². The van der Waals surface area contributed by atoms with Crippen molar-refractivity contribution in [3.8, 4) is 11.5 Å². The quantitative estimate of drug-likeness (QED) is 0.812. The lowest BCUT2D eigenvalue weighted by Crippen LogP contribution is -2.50. The zero-order chi connectivity index (χ0) is 16.4. The summed E-state index contributed by atoms with van der Waals surface area (Å²) < 4.78 is 30.4. The van der Waals surface area contributed by atoms with Crippen LogP contribution in [0, 0.1) is 0 Å². The van der Waals surface area contributed by atoms with Crippen molar-refractivity contribution in [1.82, 2.24) is 19.4 Å². The Morgan fingerprint density at radius 3 is 2.52 bits per heavy atom. The van der Waals surface area contributed by atoms with Gasteiger partial charge in [0.15, 0.2) is 0 Å². The molecule has 1 aromatic heterocycles. The minimum absolute atomic E-state index is 0.365. The second-order valence-electron chi connectivity index (χ2n) is 5.20. The van der Waals surface area contributed by atoms with Crippen LogP contribution in [-0.2, 0) is 16.8 Å². The molecule has 1 aromatic carbocycles. The van der Waals surface area contributed by atoms with Gasteiger partial charge in [0.1, 0.15) is 0 Å². The molecule has 124 valence electrons. The molecule has 0 aliphatic carbocycles. The van der Waals surface area contributed by atoms with E-state index in [0.717, 1.165) is 10.0 Å². The van der Waals surface area contributed by atoms with Crippen LogP contribution in [0.5, 0.6) is 0 Å². The summed E-state index contributed by atoms with van der Waals surface area (Å²) in [6, 6.07) is 7.62. The molecule has 0 radical (unpaired) electrons. The summed E-state index contributed by atoms with van der Waals surface area (Å²) in [6.45, 7) is 2.36. The Bertz CT molecular complexity index is 786. The average Bonchev–Trinajstić information content (AvgIpc) is 2.95. The zero-order valence-electron chi connectivity index (χ0n) is 12.2. The maximum absolute atomic E-state index is 11.3. The molecule has 1 aliphatic rings. The molecule has 23 heavy (non-hydrogen) atoms. The van der Waals surface area contributed by atoms with Gasteiger partial charge in [0.2, 0.25) is 11.8 Å². The van der Waals surface area contributed by atoms with E-state index in [0.29, 0.717) is 44.5 Å². The standard InChI is InChI=1S/C13H16BrN5O3S/c14-11-4-2-1-3-10(11)13-17-16-12(22-13)9-18-5-7-19(8-6-18)23(15,20)21/h1-4H,5-9H2,(H2,15,20,21). The molecule has 0 spiro atoms. The first kappa shape index (κ1) is 16.5. The van der Waals surface area contributed by atoms with E-state index in [9.17, 15) is 8.42 Å². The van der Waals surface area contributed by atoms with Gasteiger partial charge >= 0.3 is 0 Å². The largest absolute Gasteiger partial charge is 0.419 e. The number of halogens is 1. The molecule has 0 amide bonds. The van der Waals surface area contributed by atoms with E-state index >= 15 is 0 Å². The van der Waals surface area contributed by atoms with Crippen LogP contribution >= 0.6 is 15.9 Å². The van der Waals surface area contributed by atoms with Gasteiger partial charge in [-0.2, -0.15) is 12.7 Å². The molecule has 1 fully saturated rings. The lowest BCUT2D eigenvalue weighted by atomic mass is 10.2. The normalized spacial score (nSPS) is 17.5. The van der Waals surface area contributed by atoms with Crippen molar-refractivity contribution in [2.75, 3.05) is 26.2 Å². The van der Waals surface area contributed by atoms with Crippen molar-refractivity contribution >= 4 is 26.1 Å². The summed E-state index contributed by atoms with van der Waals surface area (Å²) >= 11 is 3.45. The summed E-state index contributed by atoms with van der Waals surface area (Å²) in [5.74, 6) is 0.954. The van der Waals surface area contributed by atoms with Crippen LogP contribution in [0.2, 0.25) is 0 Å². The summed E-state index contributed by atoms with van der Waals surface area (Å²) in [4.78, 5) is 2.05. The number of piperazine rings is 1. The van der Waals surface area contributed by atoms with E-state index < -0.39 is 10.2 Å². The van der Waals surface area contributed by atoms with E-state index in [4.69, 9.17) is 9.56 Å². The van der Waals surface area contributed by atoms with Gasteiger partial charge in [-0.25, -0.2) is 5.14 Å². The number of nitrogens with zero attached hydrogens (tertiary/aromatic N) is 4. The minimum atomic E-state index is -3.61. The maximum atomic E-state index is 11.3. The number of hydrogen-bond donors (Lipinski definition) is 1. The summed E-state index contributed by atoms with van der Waals surface area (Å²) in [6.07, 6.45) is 0. The molecule has 1 aliphatic heterocycles. The number of hydrogen-bond acceptors (Lipinski definition) is 6. The Labute approximate surface area is 142 Å². The van der Waals surface area contributed by atoms with Crippen molar-refractivity contribution < 1.29 is 12.8 Å². The highest BCUT2D eigenvalue weighted by molar-refractivity contribution is 9.10. The van der Waals surface area contributed by atoms with Gasteiger partial charge < -0.3 is 4.42 Å². The number of benzene rings is 1. The number of aromatic nitrogens is 2. The van der Waals surface area contributed by atoms with Gasteiger partial charge in [-0.1, -0.05) is 12.1 Å². The number of rotatable bonds is 4. The zero-order valence-corrected chi connectivity index (χ0v) is 14.6. The first-order chi connectivity index (χ1) is 10.9. The van der Waals surface area contributed by atoms with Gasteiger partial charge in [-0.15, -0.1) is 10.2 Å². The van der Waals surface area contributed by atoms with Crippen LogP contribution in [0.4, 0.5) is 0 Å². The fourth-order valence-corrected chi connectivity index (χ4v) is 3.52. The topological polar surface area (TPSA) is 106 Å². The minimum Gasteiger partial charge on any atom is -0.419 e. The van der Waals surface area contributed by atoms with Crippen LogP contribution in [-0.4, -0.2) is 54.0 Å². The van der Waals surface area contributed by atoms with Crippen molar-refractivity contribution in [2.45, 2.75) is 6.54 Å². The van der Waals surface area contributed by atoms with Crippen LogP contribution in [0.1, 0.15) is 5.89 Å². The third-order valence-corrected chi connectivity index (χ3v) is 5.40. The Morgan fingerprint density at radius 2 is 1.87 bits per heavy atom. The Kier molecular flexibility index (Phi) is 4.78. The van der Waals surface area contributed by atoms with Gasteiger partial charge in [-0.05, 0) is 28.1 Å². The molecule has 1 saturated heterocycles. The average molecular weight is 402 g/mol. The first-order valence-electron chi connectivity index (χ1n) is 7.01. The highest BCUT2D eigenvalue weighted by Gasteiger charge is 2.25. The third-order valence-electron chi connectivity index (χ3n) is 3.62. The summed E-state index contributed by atoms with van der Waals surface area (Å²) in [5.41, 5.74) is 0.838. The smallest absolute Gasteiger partial charge is 0.276 e. The van der Waals surface area contributed by atoms with Crippen molar-refractivity contribution in [2.24, 2.45) is 5.14 Å². The molecule has 2 heterocycles. The van der Waals surface area contributed by atoms with Crippen LogP contribution in [0.3, 0.4) is 0 Å². The molecule has 2 N–H and O–H groups in total. The highest BCUT2D eigenvalue weighted by Crippen LogP contribution is 2.26. The fourth-order valence-electron chi connectivity index (χ4n) is 2.39. The molecule has 0 atom stereocenters. The molecular formula is C13H16BrN5O3S. The van der Waals surface area contributed by atoms with Crippen molar-refractivity contribution in [3.63, 3.8) is 0 Å². The molecule has 3 rings (SSSR count). The maximum Gasteiger partial charge on any atom is 0.276 e. The summed E-state index contributed by atoms with van der Waals surface area (Å²) in [5, 5.41) is 13.3. The number of nitrogens with two attached hydrogens (primary N) is 1. The highest BCUT2D eigenvalue weighted by atomic mass is 79.9. The molecule has 0 bridgehead atoms. The van der Waals surface area contributed by atoms with Gasteiger partial charge in [0.25, 0.3) is 10.2 Å². The lowest BCUT2D eigenvalue weighted by Gasteiger charge is -2.31. The van der Waals surface area contributed by atoms with Crippen LogP contribution < -0.4 is 5.14 Å². The SMILES string of the molecule is NS(=O)(=O)N1CCN(Cc2nnc(-c3ccccc3Br)o2)CC1. The van der Waals surface area contributed by atoms with Gasteiger partial charge in [-0.3, -0.25) is 4.90 Å². The van der Waals surface area contributed by atoms with Gasteiger partial charge in [0, 0.05) is 30.7 Å². The molecule has 8 nitrogen and oxygen atoms in total.